The molecule has 0 spiro atoms. The second-order valence-electron chi connectivity index (χ2n) is 3.58. The minimum Gasteiger partial charge on any atom is -0.392 e. The molecule has 1 aliphatic rings. The molecule has 1 heteroatoms. The molecule has 0 heterocycles. The summed E-state index contributed by atoms with van der Waals surface area (Å²) < 4.78 is 0. The summed E-state index contributed by atoms with van der Waals surface area (Å²) in [6, 6.07) is 0. The first-order chi connectivity index (χ1) is 5.22. The Morgan fingerprint density at radius 1 is 1.36 bits per heavy atom. The third kappa shape index (κ3) is 2.51. The lowest BCUT2D eigenvalue weighted by molar-refractivity contribution is 0.329. The first kappa shape index (κ1) is 8.54. The van der Waals surface area contributed by atoms with Gasteiger partial charge in [-0.2, -0.15) is 0 Å². The summed E-state index contributed by atoms with van der Waals surface area (Å²) in [7, 11) is 0. The first-order valence-electron chi connectivity index (χ1n) is 4.20. The maximum absolute atomic E-state index is 8.82. The SMILES string of the molecule is CC(C)CC1=CC=C(CO)C1. The van der Waals surface area contributed by atoms with E-state index in [0.29, 0.717) is 0 Å². The van der Waals surface area contributed by atoms with Crippen LogP contribution in [0.25, 0.3) is 0 Å². The Balaban J connectivity index is 2.34. The number of allylic oxidation sites excluding steroid dienone is 3. The second kappa shape index (κ2) is 3.72. The van der Waals surface area contributed by atoms with Crippen molar-refractivity contribution >= 4 is 0 Å². The fourth-order valence-electron chi connectivity index (χ4n) is 1.42. The van der Waals surface area contributed by atoms with Gasteiger partial charge in [0, 0.05) is 0 Å². The summed E-state index contributed by atoms with van der Waals surface area (Å²) in [5.41, 5.74) is 2.62. The largest absolute Gasteiger partial charge is 0.392 e. The van der Waals surface area contributed by atoms with E-state index in [0.717, 1.165) is 17.9 Å². The summed E-state index contributed by atoms with van der Waals surface area (Å²) in [6.07, 6.45) is 6.35. The van der Waals surface area contributed by atoms with Gasteiger partial charge >= 0.3 is 0 Å². The maximum Gasteiger partial charge on any atom is 0.0647 e. The highest BCUT2D eigenvalue weighted by Gasteiger charge is 2.08. The van der Waals surface area contributed by atoms with E-state index in [4.69, 9.17) is 5.11 Å². The van der Waals surface area contributed by atoms with E-state index in [1.807, 2.05) is 6.08 Å². The number of hydrogen-bond acceptors (Lipinski definition) is 1. The van der Waals surface area contributed by atoms with Crippen LogP contribution in [-0.2, 0) is 0 Å². The lowest BCUT2D eigenvalue weighted by atomic mass is 10.0. The van der Waals surface area contributed by atoms with Crippen LogP contribution in [0.2, 0.25) is 0 Å². The zero-order valence-electron chi connectivity index (χ0n) is 7.30. The summed E-state index contributed by atoms with van der Waals surface area (Å²) in [5, 5.41) is 8.82. The van der Waals surface area contributed by atoms with Crippen molar-refractivity contribution in [1.29, 1.82) is 0 Å². The highest BCUT2D eigenvalue weighted by Crippen LogP contribution is 2.23. The third-order valence-electron chi connectivity index (χ3n) is 1.88. The molecule has 0 aromatic heterocycles. The van der Waals surface area contributed by atoms with Gasteiger partial charge in [-0.15, -0.1) is 0 Å². The molecule has 1 rings (SSSR count). The zero-order valence-corrected chi connectivity index (χ0v) is 7.30. The van der Waals surface area contributed by atoms with E-state index >= 15 is 0 Å². The smallest absolute Gasteiger partial charge is 0.0647 e. The molecule has 1 N–H and O–H groups in total. The van der Waals surface area contributed by atoms with E-state index in [-0.39, 0.29) is 6.61 Å². The van der Waals surface area contributed by atoms with Crippen LogP contribution >= 0.6 is 0 Å². The zero-order chi connectivity index (χ0) is 8.27. The van der Waals surface area contributed by atoms with Gasteiger partial charge in [0.2, 0.25) is 0 Å². The van der Waals surface area contributed by atoms with E-state index < -0.39 is 0 Å². The second-order valence-corrected chi connectivity index (χ2v) is 3.58. The monoisotopic (exact) mass is 152 g/mol. The van der Waals surface area contributed by atoms with E-state index in [9.17, 15) is 0 Å². The fraction of sp³-hybridized carbons (Fsp3) is 0.600. The Bertz CT molecular complexity index is 187. The van der Waals surface area contributed by atoms with Crippen LogP contribution in [0.3, 0.4) is 0 Å². The molecule has 62 valence electrons. The van der Waals surface area contributed by atoms with Gasteiger partial charge in [-0.05, 0) is 24.3 Å². The Labute approximate surface area is 68.4 Å². The van der Waals surface area contributed by atoms with Crippen molar-refractivity contribution in [3.63, 3.8) is 0 Å². The molecule has 0 amide bonds. The predicted octanol–water partition coefficient (Wildman–Crippen LogP) is 2.28. The Morgan fingerprint density at radius 3 is 2.45 bits per heavy atom. The Hall–Kier alpha value is -0.560. The Morgan fingerprint density at radius 2 is 2.00 bits per heavy atom. The van der Waals surface area contributed by atoms with Crippen LogP contribution in [0.15, 0.2) is 23.3 Å². The fourth-order valence-corrected chi connectivity index (χ4v) is 1.42. The molecule has 0 atom stereocenters. The molecule has 1 aliphatic carbocycles. The normalized spacial score (nSPS) is 17.1. The molecular weight excluding hydrogens is 136 g/mol. The van der Waals surface area contributed by atoms with Crippen molar-refractivity contribution in [2.24, 2.45) is 5.92 Å². The molecule has 11 heavy (non-hydrogen) atoms. The minimum absolute atomic E-state index is 0.220. The molecule has 1 nitrogen and oxygen atoms in total. The van der Waals surface area contributed by atoms with Crippen LogP contribution in [-0.4, -0.2) is 11.7 Å². The maximum atomic E-state index is 8.82. The predicted molar refractivity (Wildman–Crippen MR) is 47.3 cm³/mol. The number of aliphatic hydroxyl groups is 1. The van der Waals surface area contributed by atoms with Crippen LogP contribution in [0, 0.1) is 5.92 Å². The van der Waals surface area contributed by atoms with E-state index in [2.05, 4.69) is 19.9 Å². The average molecular weight is 152 g/mol. The van der Waals surface area contributed by atoms with Crippen LogP contribution < -0.4 is 0 Å². The minimum atomic E-state index is 0.220. The molecule has 0 fully saturated rings. The summed E-state index contributed by atoms with van der Waals surface area (Å²) in [5.74, 6) is 0.729. The topological polar surface area (TPSA) is 20.2 Å². The van der Waals surface area contributed by atoms with Crippen molar-refractivity contribution in [3.05, 3.63) is 23.3 Å². The van der Waals surface area contributed by atoms with Gasteiger partial charge in [0.05, 0.1) is 6.61 Å². The highest BCUT2D eigenvalue weighted by atomic mass is 16.3. The number of rotatable bonds is 3. The summed E-state index contributed by atoms with van der Waals surface area (Å²) >= 11 is 0. The molecule has 0 aromatic rings. The van der Waals surface area contributed by atoms with Crippen molar-refractivity contribution in [1.82, 2.24) is 0 Å². The van der Waals surface area contributed by atoms with Crippen LogP contribution in [0.4, 0.5) is 0 Å². The quantitative estimate of drug-likeness (QED) is 0.657. The van der Waals surface area contributed by atoms with Crippen LogP contribution in [0.5, 0.6) is 0 Å². The molecule has 0 unspecified atom stereocenters. The van der Waals surface area contributed by atoms with Gasteiger partial charge in [0.15, 0.2) is 0 Å². The van der Waals surface area contributed by atoms with E-state index in [1.54, 1.807) is 0 Å². The van der Waals surface area contributed by atoms with Gasteiger partial charge in [0.1, 0.15) is 0 Å². The molecule has 0 saturated heterocycles. The summed E-state index contributed by atoms with van der Waals surface area (Å²) in [4.78, 5) is 0. The first-order valence-corrected chi connectivity index (χ1v) is 4.20. The highest BCUT2D eigenvalue weighted by molar-refractivity contribution is 5.30. The molecule has 0 aliphatic heterocycles. The van der Waals surface area contributed by atoms with Crippen molar-refractivity contribution in [2.45, 2.75) is 26.7 Å². The average Bonchev–Trinajstić information content (AvgIpc) is 2.34. The number of aliphatic hydroxyl groups excluding tert-OH is 1. The van der Waals surface area contributed by atoms with Gasteiger partial charge in [-0.3, -0.25) is 0 Å². The molecule has 0 saturated carbocycles. The van der Waals surface area contributed by atoms with Crippen molar-refractivity contribution < 1.29 is 5.11 Å². The molecular formula is C10H16O. The van der Waals surface area contributed by atoms with Gasteiger partial charge in [0.25, 0.3) is 0 Å². The van der Waals surface area contributed by atoms with Crippen molar-refractivity contribution in [2.75, 3.05) is 6.61 Å². The summed E-state index contributed by atoms with van der Waals surface area (Å²) in [6.45, 7) is 4.66. The number of hydrogen-bond donors (Lipinski definition) is 1. The molecule has 0 bridgehead atoms. The van der Waals surface area contributed by atoms with Gasteiger partial charge < -0.3 is 5.11 Å². The van der Waals surface area contributed by atoms with E-state index in [1.165, 1.54) is 12.0 Å². The lowest BCUT2D eigenvalue weighted by Crippen LogP contribution is -1.92. The van der Waals surface area contributed by atoms with Crippen LogP contribution in [0.1, 0.15) is 26.7 Å². The van der Waals surface area contributed by atoms with Gasteiger partial charge in [-0.25, -0.2) is 0 Å². The lowest BCUT2D eigenvalue weighted by Gasteiger charge is -2.05. The third-order valence-corrected chi connectivity index (χ3v) is 1.88. The Kier molecular flexibility index (Phi) is 2.89. The molecule has 0 radical (unpaired) electrons. The standard InChI is InChI=1S/C10H16O/c1-8(2)5-9-3-4-10(6-9)7-11/h3-4,8,11H,5-7H2,1-2H3. The van der Waals surface area contributed by atoms with Crippen molar-refractivity contribution in [3.8, 4) is 0 Å². The van der Waals surface area contributed by atoms with Gasteiger partial charge in [-0.1, -0.05) is 31.6 Å². The molecule has 0 aromatic carbocycles.